The van der Waals surface area contributed by atoms with Crippen molar-refractivity contribution < 1.29 is 36.7 Å². The fourth-order valence-electron chi connectivity index (χ4n) is 3.26. The topological polar surface area (TPSA) is 115 Å². The van der Waals surface area contributed by atoms with Gasteiger partial charge in [-0.15, -0.1) is 0 Å². The highest BCUT2D eigenvalue weighted by atomic mass is 32.2. The molecule has 0 aliphatic carbocycles. The lowest BCUT2D eigenvalue weighted by molar-refractivity contribution is -0.158. The molecule has 1 fully saturated rings. The van der Waals surface area contributed by atoms with Gasteiger partial charge < -0.3 is 9.47 Å². The number of sulfone groups is 1. The van der Waals surface area contributed by atoms with Crippen molar-refractivity contribution >= 4 is 15.7 Å². The van der Waals surface area contributed by atoms with Crippen molar-refractivity contribution in [2.24, 2.45) is 0 Å². The summed E-state index contributed by atoms with van der Waals surface area (Å²) < 4.78 is 60.0. The molecule has 1 aromatic carbocycles. The number of carbonyl (C=O) groups is 1. The summed E-state index contributed by atoms with van der Waals surface area (Å²) in [6.45, 7) is 0.747. The number of hydroxylamine groups is 1. The largest absolute Gasteiger partial charge is 0.433 e. The number of rotatable bonds is 6. The monoisotopic (exact) mass is 442 g/mol. The zero-order valence-electron chi connectivity index (χ0n) is 16.0. The number of pyridine rings is 1. The van der Waals surface area contributed by atoms with Gasteiger partial charge in [0.05, 0.1) is 10.6 Å². The number of halogens is 2. The lowest BCUT2D eigenvalue weighted by Crippen LogP contribution is -2.54. The molecular formula is C19H20F2N2O6S. The van der Waals surface area contributed by atoms with Crippen LogP contribution in [0.5, 0.6) is 5.75 Å². The van der Waals surface area contributed by atoms with Gasteiger partial charge >= 0.3 is 6.11 Å². The zero-order chi connectivity index (χ0) is 22.0. The van der Waals surface area contributed by atoms with E-state index < -0.39 is 26.6 Å². The van der Waals surface area contributed by atoms with Gasteiger partial charge in [-0.3, -0.25) is 15.0 Å². The highest BCUT2D eigenvalue weighted by Crippen LogP contribution is 2.35. The number of nitrogens with one attached hydrogen (secondary N) is 1. The first-order chi connectivity index (χ1) is 14.1. The van der Waals surface area contributed by atoms with Crippen molar-refractivity contribution in [3.63, 3.8) is 0 Å². The molecule has 8 nitrogen and oxygen atoms in total. The van der Waals surface area contributed by atoms with E-state index in [2.05, 4.69) is 9.72 Å². The lowest BCUT2D eigenvalue weighted by Gasteiger charge is -2.34. The van der Waals surface area contributed by atoms with E-state index in [0.29, 0.717) is 18.2 Å². The number of hydrogen-bond donors (Lipinski definition) is 2. The number of carbonyl (C=O) groups excluding carboxylic acids is 1. The molecule has 11 heteroatoms. The molecule has 1 saturated heterocycles. The molecule has 162 valence electrons. The van der Waals surface area contributed by atoms with Gasteiger partial charge in [-0.25, -0.2) is 13.9 Å². The summed E-state index contributed by atoms with van der Waals surface area (Å²) in [5, 5.41) is 9.07. The average molecular weight is 442 g/mol. The van der Waals surface area contributed by atoms with E-state index in [1.807, 2.05) is 0 Å². The van der Waals surface area contributed by atoms with Crippen molar-refractivity contribution in [3.05, 3.63) is 42.6 Å². The van der Waals surface area contributed by atoms with Crippen LogP contribution in [-0.2, 0) is 19.4 Å². The molecule has 1 aliphatic heterocycles. The Hall–Kier alpha value is -2.63. The van der Waals surface area contributed by atoms with E-state index in [1.54, 1.807) is 0 Å². The molecule has 3 rings (SSSR count). The molecule has 0 spiro atoms. The summed E-state index contributed by atoms with van der Waals surface area (Å²) in [6, 6.07) is 8.47. The Kier molecular flexibility index (Phi) is 6.06. The van der Waals surface area contributed by atoms with E-state index in [4.69, 9.17) is 9.94 Å². The molecule has 0 saturated carbocycles. The molecule has 0 atom stereocenters. The van der Waals surface area contributed by atoms with Gasteiger partial charge in [-0.05, 0) is 49.2 Å². The van der Waals surface area contributed by atoms with Crippen LogP contribution in [0, 0.1) is 0 Å². The van der Waals surface area contributed by atoms with E-state index in [1.165, 1.54) is 41.9 Å². The molecular weight excluding hydrogens is 422 g/mol. The van der Waals surface area contributed by atoms with Crippen LogP contribution in [-0.4, -0.2) is 48.6 Å². The van der Waals surface area contributed by atoms with Crippen molar-refractivity contribution in [1.29, 1.82) is 0 Å². The summed E-state index contributed by atoms with van der Waals surface area (Å²) >= 11 is 0. The molecule has 1 aromatic heterocycles. The van der Waals surface area contributed by atoms with E-state index in [9.17, 15) is 22.0 Å². The second-order valence-electron chi connectivity index (χ2n) is 6.86. The standard InChI is InChI=1S/C19H20F2N2O6S/c1-18(20,21)29-14-4-2-13(3-5-14)16-7-6-15(12-22-16)30(26,27)19(17(24)23-25)8-10-28-11-9-19/h2-7,12,25H,8-11H2,1H3,(H,23,24). The number of ether oxygens (including phenoxy) is 2. The second-order valence-corrected chi connectivity index (χ2v) is 9.12. The van der Waals surface area contributed by atoms with Gasteiger partial charge in [-0.1, -0.05) is 0 Å². The quantitative estimate of drug-likeness (QED) is 0.522. The highest BCUT2D eigenvalue weighted by molar-refractivity contribution is 7.93. The Morgan fingerprint density at radius 2 is 1.83 bits per heavy atom. The molecule has 30 heavy (non-hydrogen) atoms. The first-order valence-corrected chi connectivity index (χ1v) is 10.5. The van der Waals surface area contributed by atoms with Crippen LogP contribution < -0.4 is 10.2 Å². The Bertz CT molecular complexity index is 999. The van der Waals surface area contributed by atoms with Gasteiger partial charge in [-0.2, -0.15) is 8.78 Å². The minimum atomic E-state index is -4.18. The Morgan fingerprint density at radius 3 is 2.33 bits per heavy atom. The maximum atomic E-state index is 13.2. The minimum absolute atomic E-state index is 0.0260. The molecule has 1 aliphatic rings. The Morgan fingerprint density at radius 1 is 1.20 bits per heavy atom. The van der Waals surface area contributed by atoms with Gasteiger partial charge in [0.25, 0.3) is 5.91 Å². The molecule has 2 aromatic rings. The number of alkyl halides is 2. The highest BCUT2D eigenvalue weighted by Gasteiger charge is 2.52. The number of benzene rings is 1. The maximum Gasteiger partial charge on any atom is 0.394 e. The van der Waals surface area contributed by atoms with E-state index in [0.717, 1.165) is 6.20 Å². The summed E-state index contributed by atoms with van der Waals surface area (Å²) in [5.41, 5.74) is 2.41. The van der Waals surface area contributed by atoms with Gasteiger partial charge in [0.15, 0.2) is 14.6 Å². The number of amides is 1. The molecule has 0 radical (unpaired) electrons. The van der Waals surface area contributed by atoms with Crippen molar-refractivity contribution in [3.8, 4) is 17.0 Å². The zero-order valence-corrected chi connectivity index (χ0v) is 16.8. The summed E-state index contributed by atoms with van der Waals surface area (Å²) in [5.74, 6) is -1.04. The normalized spacial score (nSPS) is 16.7. The Labute approximate surface area is 171 Å². The van der Waals surface area contributed by atoms with Crippen molar-refractivity contribution in [2.75, 3.05) is 13.2 Å². The maximum absolute atomic E-state index is 13.2. The molecule has 1 amide bonds. The SMILES string of the molecule is CC(F)(F)Oc1ccc(-c2ccc(S(=O)(=O)C3(C(=O)NO)CCOCC3)cn2)cc1. The molecule has 2 N–H and O–H groups in total. The fourth-order valence-corrected chi connectivity index (χ4v) is 5.14. The minimum Gasteiger partial charge on any atom is -0.433 e. The third-order valence-corrected chi connectivity index (χ3v) is 7.31. The number of aromatic nitrogens is 1. The van der Waals surface area contributed by atoms with Crippen LogP contribution in [0.2, 0.25) is 0 Å². The van der Waals surface area contributed by atoms with Crippen LogP contribution in [0.4, 0.5) is 8.78 Å². The molecule has 0 unspecified atom stereocenters. The predicted molar refractivity (Wildman–Crippen MR) is 101 cm³/mol. The van der Waals surface area contributed by atoms with Crippen LogP contribution in [0.1, 0.15) is 19.8 Å². The fraction of sp³-hybridized carbons (Fsp3) is 0.368. The third-order valence-electron chi connectivity index (χ3n) is 4.82. The average Bonchev–Trinajstić information content (AvgIpc) is 2.73. The van der Waals surface area contributed by atoms with E-state index >= 15 is 0 Å². The first kappa shape index (κ1) is 22.1. The van der Waals surface area contributed by atoms with Crippen LogP contribution in [0.25, 0.3) is 11.3 Å². The van der Waals surface area contributed by atoms with E-state index in [-0.39, 0.29) is 36.7 Å². The van der Waals surface area contributed by atoms with Gasteiger partial charge in [0, 0.05) is 31.9 Å². The summed E-state index contributed by atoms with van der Waals surface area (Å²) in [7, 11) is -4.18. The first-order valence-electron chi connectivity index (χ1n) is 8.99. The van der Waals surface area contributed by atoms with Crippen molar-refractivity contribution in [2.45, 2.75) is 35.5 Å². The van der Waals surface area contributed by atoms with Crippen LogP contribution in [0.3, 0.4) is 0 Å². The second kappa shape index (κ2) is 8.25. The third kappa shape index (κ3) is 4.27. The molecule has 2 heterocycles. The molecule has 0 bridgehead atoms. The Balaban J connectivity index is 1.88. The number of nitrogens with zero attached hydrogens (tertiary/aromatic N) is 1. The summed E-state index contributed by atoms with van der Waals surface area (Å²) in [4.78, 5) is 16.2. The van der Waals surface area contributed by atoms with Gasteiger partial charge in [0.2, 0.25) is 0 Å². The summed E-state index contributed by atoms with van der Waals surface area (Å²) in [6.07, 6.45) is -2.39. The van der Waals surface area contributed by atoms with Gasteiger partial charge in [0.1, 0.15) is 5.75 Å². The van der Waals surface area contributed by atoms with Crippen LogP contribution >= 0.6 is 0 Å². The lowest BCUT2D eigenvalue weighted by atomic mass is 9.98. The smallest absolute Gasteiger partial charge is 0.394 e. The van der Waals surface area contributed by atoms with Crippen molar-refractivity contribution in [1.82, 2.24) is 10.5 Å². The number of hydrogen-bond acceptors (Lipinski definition) is 7. The predicted octanol–water partition coefficient (Wildman–Crippen LogP) is 2.57. The van der Waals surface area contributed by atoms with Crippen LogP contribution in [0.15, 0.2) is 47.5 Å².